The molecule has 1 unspecified atom stereocenters. The molecule has 0 fully saturated rings. The van der Waals surface area contributed by atoms with Crippen LogP contribution >= 0.6 is 0 Å². The third-order valence-electron chi connectivity index (χ3n) is 7.58. The van der Waals surface area contributed by atoms with Crippen LogP contribution in [0.15, 0.2) is 41.1 Å². The van der Waals surface area contributed by atoms with Crippen LogP contribution in [-0.4, -0.2) is 39.7 Å². The van der Waals surface area contributed by atoms with Crippen LogP contribution in [0.4, 0.5) is 13.2 Å². The van der Waals surface area contributed by atoms with Gasteiger partial charge in [0.15, 0.2) is 6.29 Å². The summed E-state index contributed by atoms with van der Waals surface area (Å²) in [5.74, 6) is 1.09. The van der Waals surface area contributed by atoms with Crippen LogP contribution in [0.2, 0.25) is 0 Å². The summed E-state index contributed by atoms with van der Waals surface area (Å²) in [4.78, 5) is 2.01. The third kappa shape index (κ3) is 4.69. The minimum absolute atomic E-state index is 0.108. The molecule has 1 aromatic heterocycles. The van der Waals surface area contributed by atoms with Gasteiger partial charge in [0.25, 0.3) is 0 Å². The summed E-state index contributed by atoms with van der Waals surface area (Å²) in [6.45, 7) is 1.67. The SMILES string of the molecule is OC(O)CC1COc2cc(O[C@@H]3CCc4c3ccc(C(F)(F)F)c4CN3CCc4nocc4C3)ccc21. The van der Waals surface area contributed by atoms with Crippen molar-refractivity contribution in [2.75, 3.05) is 13.2 Å². The van der Waals surface area contributed by atoms with Crippen LogP contribution in [-0.2, 0) is 32.1 Å². The van der Waals surface area contributed by atoms with Crippen LogP contribution < -0.4 is 9.47 Å². The zero-order valence-electron chi connectivity index (χ0n) is 20.0. The number of nitrogens with zero attached hydrogens (tertiary/aromatic N) is 2. The second kappa shape index (κ2) is 9.34. The van der Waals surface area contributed by atoms with Gasteiger partial charge >= 0.3 is 6.18 Å². The number of rotatable bonds is 6. The second-order valence-electron chi connectivity index (χ2n) is 9.97. The molecule has 196 valence electrons. The fourth-order valence-corrected chi connectivity index (χ4v) is 5.81. The van der Waals surface area contributed by atoms with Crippen molar-refractivity contribution in [1.82, 2.24) is 10.1 Å². The minimum Gasteiger partial charge on any atom is -0.493 e. The Balaban J connectivity index is 1.25. The molecule has 2 aromatic carbocycles. The Labute approximate surface area is 211 Å². The van der Waals surface area contributed by atoms with E-state index >= 15 is 0 Å². The number of aromatic nitrogens is 1. The van der Waals surface area contributed by atoms with Gasteiger partial charge in [-0.2, -0.15) is 13.2 Å². The Bertz CT molecular complexity index is 1310. The summed E-state index contributed by atoms with van der Waals surface area (Å²) < 4.78 is 59.1. The van der Waals surface area contributed by atoms with E-state index in [1.165, 1.54) is 6.07 Å². The first-order chi connectivity index (χ1) is 17.8. The Morgan fingerprint density at radius 1 is 1.14 bits per heavy atom. The summed E-state index contributed by atoms with van der Waals surface area (Å²) in [6.07, 6.45) is -2.74. The lowest BCUT2D eigenvalue weighted by atomic mass is 9.95. The van der Waals surface area contributed by atoms with Crippen molar-refractivity contribution in [1.29, 1.82) is 0 Å². The monoisotopic (exact) mass is 516 g/mol. The van der Waals surface area contributed by atoms with Gasteiger partial charge in [0.1, 0.15) is 23.9 Å². The molecule has 3 heterocycles. The first kappa shape index (κ1) is 24.3. The second-order valence-corrected chi connectivity index (χ2v) is 9.97. The molecule has 1 aliphatic carbocycles. The van der Waals surface area contributed by atoms with E-state index < -0.39 is 18.0 Å². The topological polar surface area (TPSA) is 88.2 Å². The first-order valence-electron chi connectivity index (χ1n) is 12.4. The first-order valence-corrected chi connectivity index (χ1v) is 12.4. The molecule has 0 bridgehead atoms. The van der Waals surface area contributed by atoms with Gasteiger partial charge in [-0.15, -0.1) is 0 Å². The summed E-state index contributed by atoms with van der Waals surface area (Å²) in [5, 5.41) is 22.6. The van der Waals surface area contributed by atoms with Crippen LogP contribution in [0.5, 0.6) is 11.5 Å². The molecule has 2 atom stereocenters. The number of hydrogen-bond donors (Lipinski definition) is 2. The van der Waals surface area contributed by atoms with E-state index in [1.54, 1.807) is 24.5 Å². The highest BCUT2D eigenvalue weighted by atomic mass is 19.4. The molecule has 0 spiro atoms. The predicted molar refractivity (Wildman–Crippen MR) is 125 cm³/mol. The fraction of sp³-hybridized carbons (Fsp3) is 0.444. The third-order valence-corrected chi connectivity index (χ3v) is 7.58. The summed E-state index contributed by atoms with van der Waals surface area (Å²) in [6, 6.07) is 8.16. The number of alkyl halides is 3. The number of aliphatic hydroxyl groups is 2. The van der Waals surface area contributed by atoms with Crippen LogP contribution in [0.25, 0.3) is 0 Å². The standard InChI is InChI=1S/C27H27F3N2O5/c28-27(29,30)22-5-3-20-19(21(22)12-32-8-7-23-16(11-32)14-36-31-23)4-6-24(20)37-17-1-2-18-15(9-26(33)34)13-35-25(18)10-17/h1-3,5,10,14-15,24,26,33-34H,4,6-9,11-13H2/t15?,24-/m1/s1. The Hall–Kier alpha value is -3.08. The number of ether oxygens (including phenoxy) is 2. The molecule has 0 saturated carbocycles. The molecule has 3 aromatic rings. The molecular formula is C27H27F3N2O5. The van der Waals surface area contributed by atoms with E-state index in [1.807, 2.05) is 11.0 Å². The minimum atomic E-state index is -4.45. The van der Waals surface area contributed by atoms with Crippen molar-refractivity contribution >= 4 is 0 Å². The van der Waals surface area contributed by atoms with Gasteiger partial charge in [-0.1, -0.05) is 17.3 Å². The maximum absolute atomic E-state index is 14.0. The lowest BCUT2D eigenvalue weighted by Gasteiger charge is -2.28. The average Bonchev–Trinajstić information content (AvgIpc) is 3.57. The van der Waals surface area contributed by atoms with Crippen molar-refractivity contribution in [3.63, 3.8) is 0 Å². The highest BCUT2D eigenvalue weighted by Crippen LogP contribution is 2.44. The largest absolute Gasteiger partial charge is 0.493 e. The molecule has 3 aliphatic rings. The summed E-state index contributed by atoms with van der Waals surface area (Å²) in [5.41, 5.74) is 3.91. The van der Waals surface area contributed by atoms with Gasteiger partial charge in [-0.05, 0) is 41.7 Å². The molecular weight excluding hydrogens is 489 g/mol. The van der Waals surface area contributed by atoms with Crippen molar-refractivity contribution in [3.05, 3.63) is 75.7 Å². The molecule has 0 saturated heterocycles. The number of halogens is 3. The highest BCUT2D eigenvalue weighted by Gasteiger charge is 2.38. The van der Waals surface area contributed by atoms with Gasteiger partial charge in [0.2, 0.25) is 0 Å². The van der Waals surface area contributed by atoms with Crippen LogP contribution in [0.3, 0.4) is 0 Å². The Morgan fingerprint density at radius 3 is 2.78 bits per heavy atom. The molecule has 10 heteroatoms. The maximum Gasteiger partial charge on any atom is 0.416 e. The average molecular weight is 517 g/mol. The van der Waals surface area contributed by atoms with E-state index in [-0.39, 0.29) is 25.0 Å². The molecule has 37 heavy (non-hydrogen) atoms. The summed E-state index contributed by atoms with van der Waals surface area (Å²) >= 11 is 0. The van der Waals surface area contributed by atoms with Gasteiger partial charge in [0, 0.05) is 55.6 Å². The van der Waals surface area contributed by atoms with E-state index in [2.05, 4.69) is 5.16 Å². The van der Waals surface area contributed by atoms with Gasteiger partial charge < -0.3 is 24.2 Å². The lowest BCUT2D eigenvalue weighted by molar-refractivity contribution is -0.138. The molecule has 6 rings (SSSR count). The van der Waals surface area contributed by atoms with E-state index in [0.29, 0.717) is 61.6 Å². The maximum atomic E-state index is 14.0. The smallest absolute Gasteiger partial charge is 0.416 e. The normalized spacial score (nSPS) is 21.0. The number of benzene rings is 2. The van der Waals surface area contributed by atoms with Gasteiger partial charge in [0.05, 0.1) is 17.9 Å². The predicted octanol–water partition coefficient (Wildman–Crippen LogP) is 4.49. The lowest BCUT2D eigenvalue weighted by Crippen LogP contribution is -2.31. The number of hydrogen-bond acceptors (Lipinski definition) is 7. The van der Waals surface area contributed by atoms with Crippen LogP contribution in [0.1, 0.15) is 63.9 Å². The fourth-order valence-electron chi connectivity index (χ4n) is 5.81. The van der Waals surface area contributed by atoms with Gasteiger partial charge in [-0.25, -0.2) is 0 Å². The van der Waals surface area contributed by atoms with Crippen LogP contribution in [0, 0.1) is 0 Å². The van der Waals surface area contributed by atoms with E-state index in [9.17, 15) is 23.4 Å². The molecule has 2 aliphatic heterocycles. The van der Waals surface area contributed by atoms with Crippen molar-refractivity contribution in [3.8, 4) is 11.5 Å². The summed E-state index contributed by atoms with van der Waals surface area (Å²) in [7, 11) is 0. The number of aliphatic hydroxyl groups excluding tert-OH is 1. The zero-order valence-corrected chi connectivity index (χ0v) is 20.0. The molecule has 0 amide bonds. The Kier molecular flexibility index (Phi) is 6.13. The highest BCUT2D eigenvalue weighted by molar-refractivity contribution is 5.48. The van der Waals surface area contributed by atoms with Crippen molar-refractivity contribution in [2.45, 2.75) is 63.3 Å². The molecule has 2 N–H and O–H groups in total. The van der Waals surface area contributed by atoms with E-state index in [4.69, 9.17) is 14.0 Å². The van der Waals surface area contributed by atoms with Crippen molar-refractivity contribution in [2.24, 2.45) is 0 Å². The zero-order chi connectivity index (χ0) is 25.7. The Morgan fingerprint density at radius 2 is 1.97 bits per heavy atom. The quantitative estimate of drug-likeness (QED) is 0.467. The van der Waals surface area contributed by atoms with E-state index in [0.717, 1.165) is 22.4 Å². The van der Waals surface area contributed by atoms with Crippen molar-refractivity contribution < 1.29 is 37.4 Å². The molecule has 7 nitrogen and oxygen atoms in total. The molecule has 0 radical (unpaired) electrons. The van der Waals surface area contributed by atoms with Gasteiger partial charge in [-0.3, -0.25) is 4.90 Å². The number of fused-ring (bicyclic) bond motifs is 3.